The molecule has 0 radical (unpaired) electrons. The van der Waals surface area contributed by atoms with Crippen molar-refractivity contribution in [2.75, 3.05) is 0 Å². The van der Waals surface area contributed by atoms with Crippen LogP contribution in [0.1, 0.15) is 42.5 Å². The molecular formula is C10H14N2O3S. The maximum absolute atomic E-state index is 11.5. The molecule has 0 saturated carbocycles. The van der Waals surface area contributed by atoms with Crippen LogP contribution in [0.5, 0.6) is 0 Å². The van der Waals surface area contributed by atoms with Gasteiger partial charge in [0.15, 0.2) is 16.1 Å². The van der Waals surface area contributed by atoms with Crippen LogP contribution in [0.4, 0.5) is 0 Å². The van der Waals surface area contributed by atoms with Crippen LogP contribution in [0.25, 0.3) is 0 Å². The lowest BCUT2D eigenvalue weighted by Gasteiger charge is -2.21. The predicted octanol–water partition coefficient (Wildman–Crippen LogP) is 0.879. The molecule has 0 spiro atoms. The fourth-order valence-electron chi connectivity index (χ4n) is 1.94. The third-order valence-electron chi connectivity index (χ3n) is 2.59. The SMILES string of the molecule is CC(C)(C)n1nc(C=O)c2c1CS(=O)(=O)C2. The zero-order valence-corrected chi connectivity index (χ0v) is 10.3. The Morgan fingerprint density at radius 3 is 2.44 bits per heavy atom. The van der Waals surface area contributed by atoms with Gasteiger partial charge in [-0.05, 0) is 20.8 Å². The molecule has 0 amide bonds. The normalized spacial score (nSPS) is 18.4. The van der Waals surface area contributed by atoms with Crippen molar-refractivity contribution in [3.05, 3.63) is 17.0 Å². The summed E-state index contributed by atoms with van der Waals surface area (Å²) >= 11 is 0. The molecule has 2 heterocycles. The third-order valence-corrected chi connectivity index (χ3v) is 4.03. The Balaban J connectivity index is 2.66. The van der Waals surface area contributed by atoms with Crippen LogP contribution in [0.15, 0.2) is 0 Å². The minimum atomic E-state index is -3.10. The Kier molecular flexibility index (Phi) is 2.24. The highest BCUT2D eigenvalue weighted by molar-refractivity contribution is 7.90. The van der Waals surface area contributed by atoms with E-state index in [4.69, 9.17) is 0 Å². The molecular weight excluding hydrogens is 228 g/mol. The summed E-state index contributed by atoms with van der Waals surface area (Å²) in [6, 6.07) is 0. The Bertz CT molecular complexity index is 549. The quantitative estimate of drug-likeness (QED) is 0.685. The summed E-state index contributed by atoms with van der Waals surface area (Å²) in [5, 5.41) is 4.17. The predicted molar refractivity (Wildman–Crippen MR) is 58.9 cm³/mol. The van der Waals surface area contributed by atoms with Crippen molar-refractivity contribution in [2.45, 2.75) is 37.8 Å². The molecule has 1 aromatic heterocycles. The van der Waals surface area contributed by atoms with Crippen LogP contribution in [0.3, 0.4) is 0 Å². The van der Waals surface area contributed by atoms with Crippen LogP contribution < -0.4 is 0 Å². The minimum Gasteiger partial charge on any atom is -0.296 e. The first-order valence-corrected chi connectivity index (χ1v) is 6.83. The first-order valence-electron chi connectivity index (χ1n) is 5.01. The summed E-state index contributed by atoms with van der Waals surface area (Å²) in [7, 11) is -3.10. The summed E-state index contributed by atoms with van der Waals surface area (Å²) in [5.74, 6) is -0.0765. The van der Waals surface area contributed by atoms with Gasteiger partial charge in [0.05, 0.1) is 22.7 Å². The van der Waals surface area contributed by atoms with E-state index in [-0.39, 0.29) is 22.7 Å². The van der Waals surface area contributed by atoms with E-state index in [0.717, 1.165) is 0 Å². The van der Waals surface area contributed by atoms with E-state index in [1.54, 1.807) is 4.68 Å². The first kappa shape index (κ1) is 11.3. The molecule has 0 unspecified atom stereocenters. The maximum atomic E-state index is 11.5. The van der Waals surface area contributed by atoms with E-state index in [9.17, 15) is 13.2 Å². The molecule has 0 aromatic carbocycles. The molecule has 1 aliphatic rings. The topological polar surface area (TPSA) is 69.0 Å². The van der Waals surface area contributed by atoms with E-state index in [0.29, 0.717) is 17.5 Å². The highest BCUT2D eigenvalue weighted by Crippen LogP contribution is 2.30. The van der Waals surface area contributed by atoms with Crippen molar-refractivity contribution in [1.29, 1.82) is 0 Å². The van der Waals surface area contributed by atoms with E-state index in [2.05, 4.69) is 5.10 Å². The molecule has 0 atom stereocenters. The summed E-state index contributed by atoms with van der Waals surface area (Å²) < 4.78 is 24.7. The van der Waals surface area contributed by atoms with Gasteiger partial charge < -0.3 is 0 Å². The summed E-state index contributed by atoms with van der Waals surface area (Å²) in [6.07, 6.45) is 0.627. The van der Waals surface area contributed by atoms with E-state index in [1.807, 2.05) is 20.8 Å². The van der Waals surface area contributed by atoms with Gasteiger partial charge in [0.2, 0.25) is 0 Å². The lowest BCUT2D eigenvalue weighted by Crippen LogP contribution is -2.25. The number of fused-ring (bicyclic) bond motifs is 1. The highest BCUT2D eigenvalue weighted by atomic mass is 32.2. The molecule has 16 heavy (non-hydrogen) atoms. The van der Waals surface area contributed by atoms with Gasteiger partial charge >= 0.3 is 0 Å². The Hall–Kier alpha value is -1.17. The Morgan fingerprint density at radius 1 is 1.31 bits per heavy atom. The summed E-state index contributed by atoms with van der Waals surface area (Å²) in [6.45, 7) is 5.79. The van der Waals surface area contributed by atoms with Gasteiger partial charge in [-0.3, -0.25) is 9.48 Å². The van der Waals surface area contributed by atoms with E-state index >= 15 is 0 Å². The van der Waals surface area contributed by atoms with Crippen LogP contribution in [0, 0.1) is 0 Å². The van der Waals surface area contributed by atoms with Crippen molar-refractivity contribution in [2.24, 2.45) is 0 Å². The number of nitrogens with zero attached hydrogens (tertiary/aromatic N) is 2. The number of carbonyl (C=O) groups is 1. The second-order valence-corrected chi connectivity index (χ2v) is 7.11. The van der Waals surface area contributed by atoms with Gasteiger partial charge in [-0.1, -0.05) is 0 Å². The summed E-state index contributed by atoms with van der Waals surface area (Å²) in [4.78, 5) is 10.8. The number of aromatic nitrogens is 2. The molecule has 88 valence electrons. The molecule has 0 saturated heterocycles. The van der Waals surface area contributed by atoms with Crippen LogP contribution in [-0.2, 0) is 26.9 Å². The van der Waals surface area contributed by atoms with Gasteiger partial charge in [-0.2, -0.15) is 5.10 Å². The molecule has 6 heteroatoms. The fourth-order valence-corrected chi connectivity index (χ4v) is 3.51. The molecule has 0 fully saturated rings. The lowest BCUT2D eigenvalue weighted by atomic mass is 10.1. The van der Waals surface area contributed by atoms with E-state index < -0.39 is 9.84 Å². The van der Waals surface area contributed by atoms with Crippen LogP contribution >= 0.6 is 0 Å². The van der Waals surface area contributed by atoms with Crippen molar-refractivity contribution >= 4 is 16.1 Å². The molecule has 0 aliphatic carbocycles. The highest BCUT2D eigenvalue weighted by Gasteiger charge is 2.34. The Morgan fingerprint density at radius 2 is 1.94 bits per heavy atom. The smallest absolute Gasteiger partial charge is 0.170 e. The lowest BCUT2D eigenvalue weighted by molar-refractivity contribution is 0.111. The fraction of sp³-hybridized carbons (Fsp3) is 0.600. The summed E-state index contributed by atoms with van der Waals surface area (Å²) in [5.41, 5.74) is 1.18. The molecule has 1 aromatic rings. The van der Waals surface area contributed by atoms with Gasteiger partial charge in [0.25, 0.3) is 0 Å². The zero-order chi connectivity index (χ0) is 12.1. The molecule has 0 N–H and O–H groups in total. The van der Waals surface area contributed by atoms with Gasteiger partial charge in [-0.15, -0.1) is 0 Å². The van der Waals surface area contributed by atoms with Gasteiger partial charge in [-0.25, -0.2) is 8.42 Å². The molecule has 0 bridgehead atoms. The van der Waals surface area contributed by atoms with Crippen molar-refractivity contribution in [3.63, 3.8) is 0 Å². The second kappa shape index (κ2) is 3.16. The number of rotatable bonds is 1. The zero-order valence-electron chi connectivity index (χ0n) is 9.52. The van der Waals surface area contributed by atoms with Crippen LogP contribution in [0.2, 0.25) is 0 Å². The maximum Gasteiger partial charge on any atom is 0.170 e. The standard InChI is InChI=1S/C10H14N2O3S/c1-10(2,3)12-9-6-16(14,15)5-7(9)8(4-13)11-12/h4H,5-6H2,1-3H3. The third kappa shape index (κ3) is 1.67. The van der Waals surface area contributed by atoms with E-state index in [1.165, 1.54) is 0 Å². The number of hydrogen-bond acceptors (Lipinski definition) is 4. The van der Waals surface area contributed by atoms with Crippen LogP contribution in [-0.4, -0.2) is 24.5 Å². The van der Waals surface area contributed by atoms with Gasteiger partial charge in [0, 0.05) is 5.56 Å². The van der Waals surface area contributed by atoms with Crippen molar-refractivity contribution in [3.8, 4) is 0 Å². The molecule has 2 rings (SSSR count). The van der Waals surface area contributed by atoms with Crippen molar-refractivity contribution in [1.82, 2.24) is 9.78 Å². The largest absolute Gasteiger partial charge is 0.296 e. The molecule has 5 nitrogen and oxygen atoms in total. The minimum absolute atomic E-state index is 0.0134. The number of sulfone groups is 1. The Labute approximate surface area is 94.4 Å². The molecule has 1 aliphatic heterocycles. The number of carbonyl (C=O) groups excluding carboxylic acids is 1. The average Bonchev–Trinajstić information content (AvgIpc) is 2.55. The number of hydrogen-bond donors (Lipinski definition) is 0. The van der Waals surface area contributed by atoms with Crippen molar-refractivity contribution < 1.29 is 13.2 Å². The van der Waals surface area contributed by atoms with Gasteiger partial charge in [0.1, 0.15) is 5.69 Å². The second-order valence-electron chi connectivity index (χ2n) is 5.04. The average molecular weight is 242 g/mol. The monoisotopic (exact) mass is 242 g/mol. The number of aldehydes is 1. The first-order chi connectivity index (χ1) is 7.24.